The maximum Gasteiger partial charge on any atom is 0.241 e. The lowest BCUT2D eigenvalue weighted by Crippen LogP contribution is -2.38. The summed E-state index contributed by atoms with van der Waals surface area (Å²) in [6.45, 7) is 0. The molecule has 0 spiro atoms. The Kier molecular flexibility index (Phi) is 4.56. The number of carbonyl (C=O) groups is 2. The molecular weight excluding hydrogens is 227 g/mol. The van der Waals surface area contributed by atoms with Crippen LogP contribution in [0.3, 0.4) is 0 Å². The van der Waals surface area contributed by atoms with E-state index in [1.807, 2.05) is 10.9 Å². The molecule has 0 unspecified atom stereocenters. The highest BCUT2D eigenvalue weighted by atomic mass is 19.1. The van der Waals surface area contributed by atoms with E-state index in [1.165, 1.54) is 24.3 Å². The van der Waals surface area contributed by atoms with Gasteiger partial charge >= 0.3 is 0 Å². The van der Waals surface area contributed by atoms with Crippen molar-refractivity contribution in [1.82, 2.24) is 10.9 Å². The van der Waals surface area contributed by atoms with Gasteiger partial charge in [-0.15, -0.1) is 0 Å². The van der Waals surface area contributed by atoms with Crippen LogP contribution in [-0.2, 0) is 9.59 Å². The first-order valence-electron chi connectivity index (χ1n) is 4.84. The van der Waals surface area contributed by atoms with Crippen LogP contribution in [0.25, 0.3) is 0 Å². The second-order valence-corrected chi connectivity index (χ2v) is 3.38. The number of amides is 2. The van der Waals surface area contributed by atoms with E-state index in [4.69, 9.17) is 11.7 Å². The van der Waals surface area contributed by atoms with Crippen LogP contribution < -0.4 is 22.5 Å². The van der Waals surface area contributed by atoms with E-state index in [-0.39, 0.29) is 6.42 Å². The van der Waals surface area contributed by atoms with Crippen LogP contribution in [-0.4, -0.2) is 11.8 Å². The standard InChI is InChI=1S/C10H13FN4O2/c11-7-3-1-6(2-4-7)8(10(17)15-13)5-9(16)14-12/h1-4,8H,5,12-13H2,(H,14,16)(H,15,17)/t8-/m1/s1. The third-order valence-electron chi connectivity index (χ3n) is 2.28. The van der Waals surface area contributed by atoms with Gasteiger partial charge in [-0.05, 0) is 17.7 Å². The SMILES string of the molecule is NNC(=O)C[C@@H](C(=O)NN)c1ccc(F)cc1. The first kappa shape index (κ1) is 13.1. The number of nitrogens with two attached hydrogens (primary N) is 2. The normalized spacial score (nSPS) is 11.7. The average molecular weight is 240 g/mol. The van der Waals surface area contributed by atoms with E-state index in [0.29, 0.717) is 5.56 Å². The molecule has 2 amide bonds. The van der Waals surface area contributed by atoms with Crippen LogP contribution in [0, 0.1) is 5.82 Å². The third-order valence-corrected chi connectivity index (χ3v) is 2.28. The fraction of sp³-hybridized carbons (Fsp3) is 0.200. The minimum atomic E-state index is -0.802. The molecule has 6 N–H and O–H groups in total. The summed E-state index contributed by atoms with van der Waals surface area (Å²) in [5.41, 5.74) is 4.36. The minimum absolute atomic E-state index is 0.162. The smallest absolute Gasteiger partial charge is 0.241 e. The molecule has 7 heteroatoms. The van der Waals surface area contributed by atoms with Crippen molar-refractivity contribution >= 4 is 11.8 Å². The van der Waals surface area contributed by atoms with Crippen molar-refractivity contribution < 1.29 is 14.0 Å². The number of halogens is 1. The van der Waals surface area contributed by atoms with E-state index >= 15 is 0 Å². The van der Waals surface area contributed by atoms with Crippen molar-refractivity contribution in [1.29, 1.82) is 0 Å². The molecule has 1 aromatic rings. The topological polar surface area (TPSA) is 110 Å². The molecule has 0 aliphatic carbocycles. The maximum absolute atomic E-state index is 12.7. The molecule has 0 saturated carbocycles. The molecule has 1 rings (SSSR count). The summed E-state index contributed by atoms with van der Waals surface area (Å²) in [6, 6.07) is 5.23. The lowest BCUT2D eigenvalue weighted by atomic mass is 9.94. The predicted octanol–water partition coefficient (Wildman–Crippen LogP) is -0.721. The van der Waals surface area contributed by atoms with E-state index < -0.39 is 23.5 Å². The summed E-state index contributed by atoms with van der Waals surface area (Å²) in [4.78, 5) is 22.6. The predicted molar refractivity (Wildman–Crippen MR) is 58.4 cm³/mol. The molecule has 0 heterocycles. The van der Waals surface area contributed by atoms with Crippen molar-refractivity contribution in [3.8, 4) is 0 Å². The molecule has 0 bridgehead atoms. The van der Waals surface area contributed by atoms with Crippen molar-refractivity contribution in [3.63, 3.8) is 0 Å². The molecule has 0 aromatic heterocycles. The molecule has 1 atom stereocenters. The van der Waals surface area contributed by atoms with E-state index in [2.05, 4.69) is 0 Å². The van der Waals surface area contributed by atoms with Gasteiger partial charge in [-0.25, -0.2) is 16.1 Å². The Morgan fingerprint density at radius 1 is 1.18 bits per heavy atom. The highest BCUT2D eigenvalue weighted by Gasteiger charge is 2.22. The number of hydrogen-bond acceptors (Lipinski definition) is 4. The van der Waals surface area contributed by atoms with Gasteiger partial charge in [0.25, 0.3) is 0 Å². The number of rotatable bonds is 4. The van der Waals surface area contributed by atoms with Gasteiger partial charge in [-0.2, -0.15) is 0 Å². The Bertz CT molecular complexity index is 407. The van der Waals surface area contributed by atoms with Gasteiger partial charge in [0.2, 0.25) is 11.8 Å². The molecule has 92 valence electrons. The number of benzene rings is 1. The molecular formula is C10H13FN4O2. The highest BCUT2D eigenvalue weighted by molar-refractivity contribution is 5.89. The van der Waals surface area contributed by atoms with E-state index in [9.17, 15) is 14.0 Å². The Labute approximate surface area is 97.1 Å². The molecule has 0 aliphatic rings. The quantitative estimate of drug-likeness (QED) is 0.316. The summed E-state index contributed by atoms with van der Waals surface area (Å²) in [7, 11) is 0. The van der Waals surface area contributed by atoms with Crippen molar-refractivity contribution in [3.05, 3.63) is 35.6 Å². The third kappa shape index (κ3) is 3.51. The number of carbonyl (C=O) groups excluding carboxylic acids is 2. The Hall–Kier alpha value is -1.99. The van der Waals surface area contributed by atoms with Crippen molar-refractivity contribution in [2.45, 2.75) is 12.3 Å². The summed E-state index contributed by atoms with van der Waals surface area (Å²) in [5.74, 6) is 7.68. The maximum atomic E-state index is 12.7. The molecule has 1 aromatic carbocycles. The molecule has 17 heavy (non-hydrogen) atoms. The Balaban J connectivity index is 2.93. The van der Waals surface area contributed by atoms with E-state index in [0.717, 1.165) is 0 Å². The Morgan fingerprint density at radius 2 is 1.76 bits per heavy atom. The van der Waals surface area contributed by atoms with Gasteiger partial charge in [-0.1, -0.05) is 12.1 Å². The minimum Gasteiger partial charge on any atom is -0.294 e. The number of nitrogens with one attached hydrogen (secondary N) is 2. The van der Waals surface area contributed by atoms with E-state index in [1.54, 1.807) is 0 Å². The summed E-state index contributed by atoms with van der Waals surface area (Å²) in [5, 5.41) is 0. The van der Waals surface area contributed by atoms with Crippen LogP contribution >= 0.6 is 0 Å². The first-order valence-corrected chi connectivity index (χ1v) is 4.84. The zero-order valence-electron chi connectivity index (χ0n) is 8.94. The molecule has 6 nitrogen and oxygen atoms in total. The highest BCUT2D eigenvalue weighted by Crippen LogP contribution is 2.20. The molecule has 0 aliphatic heterocycles. The van der Waals surface area contributed by atoms with Gasteiger partial charge in [0.1, 0.15) is 5.82 Å². The van der Waals surface area contributed by atoms with Gasteiger partial charge in [0.15, 0.2) is 0 Å². The van der Waals surface area contributed by atoms with Crippen LogP contribution in [0.2, 0.25) is 0 Å². The lowest BCUT2D eigenvalue weighted by molar-refractivity contribution is -0.127. The van der Waals surface area contributed by atoms with Gasteiger partial charge in [0, 0.05) is 6.42 Å². The van der Waals surface area contributed by atoms with Crippen LogP contribution in [0.5, 0.6) is 0 Å². The number of hydrazine groups is 2. The molecule has 0 saturated heterocycles. The molecule has 0 radical (unpaired) electrons. The van der Waals surface area contributed by atoms with Crippen LogP contribution in [0.15, 0.2) is 24.3 Å². The number of hydrogen-bond donors (Lipinski definition) is 4. The summed E-state index contributed by atoms with van der Waals surface area (Å²) in [6.07, 6.45) is -0.162. The van der Waals surface area contributed by atoms with Gasteiger partial charge < -0.3 is 0 Å². The second-order valence-electron chi connectivity index (χ2n) is 3.38. The zero-order valence-corrected chi connectivity index (χ0v) is 8.94. The van der Waals surface area contributed by atoms with Crippen molar-refractivity contribution in [2.75, 3.05) is 0 Å². The first-order chi connectivity index (χ1) is 8.08. The van der Waals surface area contributed by atoms with Crippen LogP contribution in [0.4, 0.5) is 4.39 Å². The second kappa shape index (κ2) is 5.92. The fourth-order valence-corrected chi connectivity index (χ4v) is 1.40. The monoisotopic (exact) mass is 240 g/mol. The summed E-state index contributed by atoms with van der Waals surface area (Å²) >= 11 is 0. The molecule has 0 fully saturated rings. The van der Waals surface area contributed by atoms with Crippen molar-refractivity contribution in [2.24, 2.45) is 11.7 Å². The summed E-state index contributed by atoms with van der Waals surface area (Å²) < 4.78 is 12.7. The Morgan fingerprint density at radius 3 is 2.24 bits per heavy atom. The fourth-order valence-electron chi connectivity index (χ4n) is 1.40. The zero-order chi connectivity index (χ0) is 12.8. The average Bonchev–Trinajstić information content (AvgIpc) is 2.36. The van der Waals surface area contributed by atoms with Gasteiger partial charge in [0.05, 0.1) is 5.92 Å². The lowest BCUT2D eigenvalue weighted by Gasteiger charge is -2.14. The largest absolute Gasteiger partial charge is 0.294 e. The van der Waals surface area contributed by atoms with Gasteiger partial charge in [-0.3, -0.25) is 20.4 Å². The van der Waals surface area contributed by atoms with Crippen LogP contribution in [0.1, 0.15) is 17.9 Å².